The van der Waals surface area contributed by atoms with Gasteiger partial charge in [-0.05, 0) is 57.6 Å². The number of nitrogens with one attached hydrogen (secondary N) is 3. The lowest BCUT2D eigenvalue weighted by Gasteiger charge is -2.14. The van der Waals surface area contributed by atoms with E-state index in [0.29, 0.717) is 46.0 Å². The molecule has 0 spiro atoms. The first kappa shape index (κ1) is 24.1. The minimum atomic E-state index is -0.386. The Morgan fingerprint density at radius 3 is 2.81 bits per heavy atom. The molecule has 1 aliphatic heterocycles. The molecule has 0 radical (unpaired) electrons. The van der Waals surface area contributed by atoms with Gasteiger partial charge in [0.05, 0.1) is 24.2 Å². The second-order valence-electron chi connectivity index (χ2n) is 9.28. The van der Waals surface area contributed by atoms with E-state index < -0.39 is 0 Å². The van der Waals surface area contributed by atoms with Crippen molar-refractivity contribution >= 4 is 52.5 Å². The van der Waals surface area contributed by atoms with Crippen LogP contribution in [-0.2, 0) is 9.59 Å². The molecule has 0 bridgehead atoms. The average Bonchev–Trinajstić information content (AvgIpc) is 3.46. The first-order chi connectivity index (χ1) is 17.4. The average molecular weight is 510 g/mol. The van der Waals surface area contributed by atoms with E-state index in [9.17, 15) is 9.59 Å². The lowest BCUT2D eigenvalue weighted by molar-refractivity contribution is -0.124. The van der Waals surface area contributed by atoms with Gasteiger partial charge in [-0.1, -0.05) is 11.6 Å². The lowest BCUT2D eigenvalue weighted by Crippen LogP contribution is -2.19. The minimum absolute atomic E-state index is 0.0450. The van der Waals surface area contributed by atoms with Crippen molar-refractivity contribution in [3.05, 3.63) is 46.6 Å². The standard InChI is InChI=1S/C25H28ClN7O3/c1-32(2)8-3-9-36-20-7-6-18(12-19(20)26)28-21-13-22(29-17-4-5-17)33-24(30-21)16(14-27-33)10-15-11-23(34)31-25(15)35/h6-7,10,12-14,17,29H,3-5,8-9,11H2,1-2H3,(H,28,30)(H,31,34,35)/b15-10+. The zero-order valence-electron chi connectivity index (χ0n) is 20.2. The summed E-state index contributed by atoms with van der Waals surface area (Å²) in [5, 5.41) is 14.1. The zero-order valence-corrected chi connectivity index (χ0v) is 20.9. The molecule has 5 rings (SSSR count). The van der Waals surface area contributed by atoms with Gasteiger partial charge < -0.3 is 20.3 Å². The monoisotopic (exact) mass is 509 g/mol. The molecule has 2 aliphatic rings. The van der Waals surface area contributed by atoms with Gasteiger partial charge in [-0.25, -0.2) is 4.98 Å². The number of anilines is 3. The number of nitrogens with zero attached hydrogens (tertiary/aromatic N) is 4. The summed E-state index contributed by atoms with van der Waals surface area (Å²) >= 11 is 6.47. The number of carbonyl (C=O) groups excluding carboxylic acids is 2. The zero-order chi connectivity index (χ0) is 25.2. The topological polar surface area (TPSA) is 113 Å². The Morgan fingerprint density at radius 2 is 2.11 bits per heavy atom. The molecule has 11 heteroatoms. The molecule has 1 aromatic carbocycles. The van der Waals surface area contributed by atoms with Gasteiger partial charge in [0.15, 0.2) is 5.65 Å². The molecule has 2 aromatic heterocycles. The van der Waals surface area contributed by atoms with Gasteiger partial charge in [-0.3, -0.25) is 14.9 Å². The van der Waals surface area contributed by atoms with Crippen molar-refractivity contribution in [1.82, 2.24) is 24.8 Å². The summed E-state index contributed by atoms with van der Waals surface area (Å²) in [7, 11) is 4.06. The minimum Gasteiger partial charge on any atom is -0.492 e. The Hall–Kier alpha value is -3.63. The fraction of sp³-hybridized carbons (Fsp3) is 0.360. The fourth-order valence-electron chi connectivity index (χ4n) is 3.90. The Labute approximate surface area is 213 Å². The van der Waals surface area contributed by atoms with Gasteiger partial charge in [0.1, 0.15) is 17.4 Å². The summed E-state index contributed by atoms with van der Waals surface area (Å²) in [4.78, 5) is 30.5. The Balaban J connectivity index is 1.40. The van der Waals surface area contributed by atoms with Crippen molar-refractivity contribution in [1.29, 1.82) is 0 Å². The smallest absolute Gasteiger partial charge is 0.254 e. The highest BCUT2D eigenvalue weighted by Crippen LogP contribution is 2.31. The van der Waals surface area contributed by atoms with E-state index in [1.807, 2.05) is 32.3 Å². The second kappa shape index (κ2) is 10.2. The van der Waals surface area contributed by atoms with E-state index >= 15 is 0 Å². The van der Waals surface area contributed by atoms with Crippen LogP contribution in [0.25, 0.3) is 11.7 Å². The largest absolute Gasteiger partial charge is 0.492 e. The van der Waals surface area contributed by atoms with E-state index in [2.05, 4.69) is 25.9 Å². The van der Waals surface area contributed by atoms with Crippen LogP contribution < -0.4 is 20.7 Å². The molecular formula is C25H28ClN7O3. The van der Waals surface area contributed by atoms with E-state index in [0.717, 1.165) is 37.3 Å². The highest BCUT2D eigenvalue weighted by atomic mass is 35.5. The van der Waals surface area contributed by atoms with Crippen LogP contribution in [-0.4, -0.2) is 64.6 Å². The van der Waals surface area contributed by atoms with Gasteiger partial charge >= 0.3 is 0 Å². The molecular weight excluding hydrogens is 482 g/mol. The predicted molar refractivity (Wildman–Crippen MR) is 139 cm³/mol. The van der Waals surface area contributed by atoms with Crippen molar-refractivity contribution in [2.75, 3.05) is 37.9 Å². The van der Waals surface area contributed by atoms with Gasteiger partial charge in [-0.2, -0.15) is 9.61 Å². The molecule has 3 heterocycles. The highest BCUT2D eigenvalue weighted by Gasteiger charge is 2.25. The SMILES string of the molecule is CN(C)CCCOc1ccc(Nc2cc(NC3CC3)n3ncc(/C=C4\CC(=O)NC4=O)c3n2)cc1Cl. The molecule has 3 aromatic rings. The molecule has 2 amide bonds. The third kappa shape index (κ3) is 5.60. The van der Waals surface area contributed by atoms with Crippen molar-refractivity contribution in [3.8, 4) is 5.75 Å². The molecule has 2 fully saturated rings. The van der Waals surface area contributed by atoms with Gasteiger partial charge in [0.2, 0.25) is 5.91 Å². The normalized spacial score (nSPS) is 16.7. The third-order valence-corrected chi connectivity index (χ3v) is 6.16. The predicted octanol–water partition coefficient (Wildman–Crippen LogP) is 3.46. The second-order valence-corrected chi connectivity index (χ2v) is 9.69. The van der Waals surface area contributed by atoms with Crippen molar-refractivity contribution in [2.45, 2.75) is 31.7 Å². The Morgan fingerprint density at radius 1 is 1.28 bits per heavy atom. The first-order valence-electron chi connectivity index (χ1n) is 11.9. The Kier molecular flexibility index (Phi) is 6.80. The van der Waals surface area contributed by atoms with Crippen LogP contribution in [0.2, 0.25) is 5.02 Å². The fourth-order valence-corrected chi connectivity index (χ4v) is 4.14. The van der Waals surface area contributed by atoms with Crippen molar-refractivity contribution in [3.63, 3.8) is 0 Å². The van der Waals surface area contributed by atoms with Gasteiger partial charge in [0.25, 0.3) is 5.91 Å². The maximum absolute atomic E-state index is 12.1. The number of fused-ring (bicyclic) bond motifs is 1. The summed E-state index contributed by atoms with van der Waals surface area (Å²) in [6.07, 6.45) is 6.45. The molecule has 0 atom stereocenters. The summed E-state index contributed by atoms with van der Waals surface area (Å²) in [5.41, 5.74) is 2.36. The van der Waals surface area contributed by atoms with Crippen LogP contribution in [0.5, 0.6) is 5.75 Å². The van der Waals surface area contributed by atoms with Crippen molar-refractivity contribution in [2.24, 2.45) is 0 Å². The van der Waals surface area contributed by atoms with Gasteiger partial charge in [0, 0.05) is 35.5 Å². The van der Waals surface area contributed by atoms with Crippen LogP contribution in [0.4, 0.5) is 17.3 Å². The molecule has 10 nitrogen and oxygen atoms in total. The number of carbonyl (C=O) groups is 2. The summed E-state index contributed by atoms with van der Waals surface area (Å²) in [5.74, 6) is 1.32. The number of hydrogen-bond acceptors (Lipinski definition) is 8. The maximum Gasteiger partial charge on any atom is 0.254 e. The number of rotatable bonds is 10. The molecule has 188 valence electrons. The summed E-state index contributed by atoms with van der Waals surface area (Å²) in [6, 6.07) is 7.82. The number of aromatic nitrogens is 3. The quantitative estimate of drug-likeness (QED) is 0.216. The number of halogens is 1. The van der Waals surface area contributed by atoms with Crippen LogP contribution in [0.15, 0.2) is 36.0 Å². The van der Waals surface area contributed by atoms with E-state index in [1.54, 1.807) is 22.9 Å². The third-order valence-electron chi connectivity index (χ3n) is 5.87. The molecule has 36 heavy (non-hydrogen) atoms. The highest BCUT2D eigenvalue weighted by molar-refractivity contribution is 6.32. The van der Waals surface area contributed by atoms with Gasteiger partial charge in [-0.15, -0.1) is 0 Å². The van der Waals surface area contributed by atoms with Crippen LogP contribution >= 0.6 is 11.6 Å². The van der Waals surface area contributed by atoms with E-state index in [-0.39, 0.29) is 18.2 Å². The first-order valence-corrected chi connectivity index (χ1v) is 12.3. The van der Waals surface area contributed by atoms with Crippen LogP contribution in [0, 0.1) is 0 Å². The molecule has 3 N–H and O–H groups in total. The molecule has 1 aliphatic carbocycles. The number of benzene rings is 1. The van der Waals surface area contributed by atoms with E-state index in [4.69, 9.17) is 21.3 Å². The van der Waals surface area contributed by atoms with Crippen LogP contribution in [0.1, 0.15) is 31.2 Å². The summed E-state index contributed by atoms with van der Waals surface area (Å²) in [6.45, 7) is 1.53. The Bertz CT molecular complexity index is 1350. The number of ether oxygens (including phenoxy) is 1. The molecule has 1 saturated heterocycles. The van der Waals surface area contributed by atoms with E-state index in [1.165, 1.54) is 0 Å². The molecule has 0 unspecified atom stereocenters. The van der Waals surface area contributed by atoms with Crippen LogP contribution in [0.3, 0.4) is 0 Å². The number of imide groups is 1. The lowest BCUT2D eigenvalue weighted by atomic mass is 10.1. The maximum atomic E-state index is 12.1. The number of hydrogen-bond donors (Lipinski definition) is 3. The molecule has 1 saturated carbocycles. The number of amides is 2. The summed E-state index contributed by atoms with van der Waals surface area (Å²) < 4.78 is 7.53. The van der Waals surface area contributed by atoms with Crippen molar-refractivity contribution < 1.29 is 14.3 Å².